The van der Waals surface area contributed by atoms with E-state index >= 15 is 0 Å². The lowest BCUT2D eigenvalue weighted by molar-refractivity contribution is 0.948. The van der Waals surface area contributed by atoms with Crippen LogP contribution in [0.3, 0.4) is 0 Å². The molecule has 0 atom stereocenters. The van der Waals surface area contributed by atoms with E-state index < -0.39 is 0 Å². The smallest absolute Gasteiger partial charge is 0.162 e. The Morgan fingerprint density at radius 1 is 0.950 bits per heavy atom. The third-order valence-electron chi connectivity index (χ3n) is 3.35. The van der Waals surface area contributed by atoms with E-state index in [9.17, 15) is 0 Å². The van der Waals surface area contributed by atoms with Crippen molar-refractivity contribution in [2.24, 2.45) is 0 Å². The molecule has 0 aliphatic carbocycles. The molecule has 20 heavy (non-hydrogen) atoms. The molecule has 4 rings (SSSR count). The van der Waals surface area contributed by atoms with E-state index in [0.717, 1.165) is 32.7 Å². The Kier molecular flexibility index (Phi) is 2.47. The van der Waals surface area contributed by atoms with Crippen molar-refractivity contribution in [1.29, 1.82) is 0 Å². The maximum atomic E-state index is 5.92. The molecule has 2 aromatic heterocycles. The topological polar surface area (TPSA) is 30.2 Å². The van der Waals surface area contributed by atoms with Gasteiger partial charge in [-0.05, 0) is 12.1 Å². The van der Waals surface area contributed by atoms with Crippen LogP contribution in [0.4, 0.5) is 0 Å². The molecule has 0 saturated carbocycles. The van der Waals surface area contributed by atoms with Crippen molar-refractivity contribution in [3.8, 4) is 11.3 Å². The van der Waals surface area contributed by atoms with Crippen molar-refractivity contribution in [3.63, 3.8) is 0 Å². The molecule has 0 N–H and O–H groups in total. The molecule has 2 heterocycles. The van der Waals surface area contributed by atoms with Crippen LogP contribution in [0, 0.1) is 0 Å². The van der Waals surface area contributed by atoms with Gasteiger partial charge in [-0.1, -0.05) is 48.0 Å². The summed E-state index contributed by atoms with van der Waals surface area (Å²) in [4.78, 5) is 4.70. The van der Waals surface area contributed by atoms with Gasteiger partial charge in [-0.15, -0.1) is 0 Å². The highest BCUT2D eigenvalue weighted by molar-refractivity contribution is 6.30. The van der Waals surface area contributed by atoms with Crippen LogP contribution < -0.4 is 0 Å². The monoisotopic (exact) mass is 279 g/mol. The fraction of sp³-hybridized carbons (Fsp3) is 0. The lowest BCUT2D eigenvalue weighted by atomic mass is 10.2. The zero-order chi connectivity index (χ0) is 13.5. The quantitative estimate of drug-likeness (QED) is 0.523. The molecular weight excluding hydrogens is 270 g/mol. The summed E-state index contributed by atoms with van der Waals surface area (Å²) in [5.41, 5.74) is 2.79. The summed E-state index contributed by atoms with van der Waals surface area (Å²) < 4.78 is 1.81. The Labute approximate surface area is 120 Å². The number of aromatic nitrogens is 3. The molecular formula is C16H10ClN3. The number of halogens is 1. The molecule has 0 aliphatic heterocycles. The summed E-state index contributed by atoms with van der Waals surface area (Å²) >= 11 is 5.92. The minimum atomic E-state index is 0.723. The normalized spacial score (nSPS) is 11.2. The van der Waals surface area contributed by atoms with E-state index in [1.165, 1.54) is 0 Å². The van der Waals surface area contributed by atoms with Gasteiger partial charge in [0, 0.05) is 21.4 Å². The zero-order valence-corrected chi connectivity index (χ0v) is 11.2. The van der Waals surface area contributed by atoms with Crippen molar-refractivity contribution in [2.45, 2.75) is 0 Å². The van der Waals surface area contributed by atoms with E-state index in [0.29, 0.717) is 0 Å². The lowest BCUT2D eigenvalue weighted by Crippen LogP contribution is -1.89. The predicted octanol–water partition coefficient (Wildman–Crippen LogP) is 4.20. The predicted molar refractivity (Wildman–Crippen MR) is 80.9 cm³/mol. The molecule has 0 spiro atoms. The van der Waals surface area contributed by atoms with Gasteiger partial charge >= 0.3 is 0 Å². The van der Waals surface area contributed by atoms with Crippen LogP contribution in [0.2, 0.25) is 5.02 Å². The highest BCUT2D eigenvalue weighted by atomic mass is 35.5. The molecule has 96 valence electrons. The second kappa shape index (κ2) is 4.32. The highest BCUT2D eigenvalue weighted by Gasteiger charge is 2.08. The molecule has 3 nitrogen and oxygen atoms in total. The van der Waals surface area contributed by atoms with Gasteiger partial charge in [-0.3, -0.25) is 0 Å². The molecule has 0 amide bonds. The Morgan fingerprint density at radius 3 is 2.60 bits per heavy atom. The molecule has 0 fully saturated rings. The molecule has 4 heteroatoms. The summed E-state index contributed by atoms with van der Waals surface area (Å²) in [6.07, 6.45) is 3.79. The third kappa shape index (κ3) is 1.75. The second-order valence-corrected chi connectivity index (χ2v) is 5.07. The first kappa shape index (κ1) is 11.4. The Hall–Kier alpha value is -2.39. The molecule has 4 aromatic rings. The Bertz CT molecular complexity index is 910. The molecule has 0 radical (unpaired) electrons. The Balaban J connectivity index is 1.98. The van der Waals surface area contributed by atoms with Gasteiger partial charge in [0.1, 0.15) is 0 Å². The van der Waals surface area contributed by atoms with Gasteiger partial charge in [0.25, 0.3) is 0 Å². The van der Waals surface area contributed by atoms with Gasteiger partial charge in [-0.25, -0.2) is 9.50 Å². The van der Waals surface area contributed by atoms with Gasteiger partial charge in [0.15, 0.2) is 5.65 Å². The van der Waals surface area contributed by atoms with Crippen molar-refractivity contribution in [1.82, 2.24) is 14.6 Å². The largest absolute Gasteiger partial charge is 0.226 e. The summed E-state index contributed by atoms with van der Waals surface area (Å²) in [6.45, 7) is 0. The van der Waals surface area contributed by atoms with Crippen LogP contribution in [-0.2, 0) is 0 Å². The highest BCUT2D eigenvalue weighted by Crippen LogP contribution is 2.24. The summed E-state index contributed by atoms with van der Waals surface area (Å²) in [6, 6.07) is 15.8. The van der Waals surface area contributed by atoms with Crippen LogP contribution >= 0.6 is 11.6 Å². The van der Waals surface area contributed by atoms with Crippen LogP contribution in [0.15, 0.2) is 60.9 Å². The summed E-state index contributed by atoms with van der Waals surface area (Å²) in [5, 5.41) is 7.32. The summed E-state index contributed by atoms with van der Waals surface area (Å²) in [7, 11) is 0. The molecule has 0 bridgehead atoms. The number of hydrogen-bond acceptors (Lipinski definition) is 2. The zero-order valence-electron chi connectivity index (χ0n) is 10.5. The third-order valence-corrected chi connectivity index (χ3v) is 3.60. The second-order valence-electron chi connectivity index (χ2n) is 4.63. The van der Waals surface area contributed by atoms with E-state index in [-0.39, 0.29) is 0 Å². The number of hydrogen-bond donors (Lipinski definition) is 0. The number of benzene rings is 2. The lowest BCUT2D eigenvalue weighted by Gasteiger charge is -1.97. The first-order valence-electron chi connectivity index (χ1n) is 6.30. The van der Waals surface area contributed by atoms with Gasteiger partial charge in [0.05, 0.1) is 18.1 Å². The van der Waals surface area contributed by atoms with Gasteiger partial charge in [0.2, 0.25) is 0 Å². The maximum Gasteiger partial charge on any atom is 0.162 e. The first-order chi connectivity index (χ1) is 9.81. The van der Waals surface area contributed by atoms with Crippen molar-refractivity contribution in [2.75, 3.05) is 0 Å². The fourth-order valence-corrected chi connectivity index (χ4v) is 2.47. The maximum absolute atomic E-state index is 5.92. The molecule has 2 aromatic carbocycles. The number of fused-ring (bicyclic) bond motifs is 3. The average molecular weight is 280 g/mol. The summed E-state index contributed by atoms with van der Waals surface area (Å²) in [5.74, 6) is 0. The van der Waals surface area contributed by atoms with Gasteiger partial charge in [-0.2, -0.15) is 5.10 Å². The average Bonchev–Trinajstić information content (AvgIpc) is 2.92. The standard InChI is InChI=1S/C16H10ClN3/c17-13-7-5-11(6-8-13)15-10-20-16(19-15)14-4-2-1-3-12(14)9-18-20/h1-10H. The molecule has 0 saturated heterocycles. The van der Waals surface area contributed by atoms with Crippen LogP contribution in [0.25, 0.3) is 27.7 Å². The minimum absolute atomic E-state index is 0.723. The van der Waals surface area contributed by atoms with Crippen molar-refractivity contribution >= 4 is 28.0 Å². The fourth-order valence-electron chi connectivity index (χ4n) is 2.34. The van der Waals surface area contributed by atoms with E-state index in [1.807, 2.05) is 59.4 Å². The number of rotatable bonds is 1. The van der Waals surface area contributed by atoms with Crippen LogP contribution in [-0.4, -0.2) is 14.6 Å². The molecule has 0 aliphatic rings. The van der Waals surface area contributed by atoms with Crippen molar-refractivity contribution < 1.29 is 0 Å². The molecule has 0 unspecified atom stereocenters. The van der Waals surface area contributed by atoms with E-state index in [2.05, 4.69) is 11.2 Å². The van der Waals surface area contributed by atoms with E-state index in [1.54, 1.807) is 0 Å². The van der Waals surface area contributed by atoms with Crippen molar-refractivity contribution in [3.05, 3.63) is 65.9 Å². The number of nitrogens with zero attached hydrogens (tertiary/aromatic N) is 3. The van der Waals surface area contributed by atoms with E-state index in [4.69, 9.17) is 16.6 Å². The van der Waals surface area contributed by atoms with Gasteiger partial charge < -0.3 is 0 Å². The minimum Gasteiger partial charge on any atom is -0.226 e. The number of imidazole rings is 1. The van der Waals surface area contributed by atoms with Crippen LogP contribution in [0.5, 0.6) is 0 Å². The van der Waals surface area contributed by atoms with Crippen LogP contribution in [0.1, 0.15) is 0 Å². The Morgan fingerprint density at radius 2 is 1.75 bits per heavy atom. The SMILES string of the molecule is Clc1ccc(-c2cn3ncc4ccccc4c3n2)cc1. The first-order valence-corrected chi connectivity index (χ1v) is 6.68.